The summed E-state index contributed by atoms with van der Waals surface area (Å²) >= 11 is 0. The molecule has 0 aromatic carbocycles. The summed E-state index contributed by atoms with van der Waals surface area (Å²) in [4.78, 5) is 0. The van der Waals surface area contributed by atoms with Crippen molar-refractivity contribution in [2.24, 2.45) is 17.1 Å². The molecule has 1 saturated carbocycles. The molecule has 0 heterocycles. The molecule has 0 aromatic heterocycles. The molecule has 0 aromatic rings. The van der Waals surface area contributed by atoms with Gasteiger partial charge in [0.05, 0.1) is 5.60 Å². The maximum atomic E-state index is 12.3. The number of halogens is 2. The first-order chi connectivity index (χ1) is 7.29. The second-order valence-electron chi connectivity index (χ2n) is 5.91. The molecular weight excluding hydrogens is 212 g/mol. The van der Waals surface area contributed by atoms with Gasteiger partial charge >= 0.3 is 6.61 Å². The molecule has 0 unspecified atom stereocenters. The molecule has 16 heavy (non-hydrogen) atoms. The van der Waals surface area contributed by atoms with Gasteiger partial charge in [-0.25, -0.2) is 0 Å². The summed E-state index contributed by atoms with van der Waals surface area (Å²) in [6.45, 7) is 4.06. The molecule has 1 aliphatic rings. The summed E-state index contributed by atoms with van der Waals surface area (Å²) in [5.41, 5.74) is 5.04. The minimum absolute atomic E-state index is 0.189. The Kier molecular flexibility index (Phi) is 4.29. The Bertz CT molecular complexity index is 218. The summed E-state index contributed by atoms with van der Waals surface area (Å²) in [6, 6.07) is 0. The van der Waals surface area contributed by atoms with Crippen molar-refractivity contribution in [2.45, 2.75) is 58.7 Å². The van der Waals surface area contributed by atoms with Crippen LogP contribution < -0.4 is 5.73 Å². The Morgan fingerprint density at radius 3 is 2.12 bits per heavy atom. The molecule has 0 bridgehead atoms. The first kappa shape index (κ1) is 13.8. The third-order valence-corrected chi connectivity index (χ3v) is 3.83. The maximum Gasteiger partial charge on any atom is 0.345 e. The Labute approximate surface area is 96.5 Å². The van der Waals surface area contributed by atoms with Gasteiger partial charge in [-0.05, 0) is 37.0 Å². The van der Waals surface area contributed by atoms with Gasteiger partial charge in [0.2, 0.25) is 0 Å². The standard InChI is InChI=1S/C12H23F2NO/c1-11(2,3)9-4-6-12(8-15,7-5-9)16-10(13)14/h9-10H,4-8,15H2,1-3H3. The third-order valence-electron chi connectivity index (χ3n) is 3.83. The molecule has 0 aliphatic heterocycles. The minimum Gasteiger partial charge on any atom is -0.328 e. The maximum absolute atomic E-state index is 12.3. The quantitative estimate of drug-likeness (QED) is 0.815. The average Bonchev–Trinajstić information content (AvgIpc) is 2.16. The zero-order valence-electron chi connectivity index (χ0n) is 10.4. The third kappa shape index (κ3) is 3.39. The van der Waals surface area contributed by atoms with E-state index in [-0.39, 0.29) is 12.0 Å². The van der Waals surface area contributed by atoms with Crippen LogP contribution >= 0.6 is 0 Å². The molecule has 0 radical (unpaired) electrons. The van der Waals surface area contributed by atoms with Crippen LogP contribution in [0.5, 0.6) is 0 Å². The summed E-state index contributed by atoms with van der Waals surface area (Å²) in [7, 11) is 0. The second kappa shape index (κ2) is 4.96. The topological polar surface area (TPSA) is 35.2 Å². The predicted octanol–water partition coefficient (Wildman–Crippen LogP) is 3.16. The fourth-order valence-corrected chi connectivity index (χ4v) is 2.57. The highest BCUT2D eigenvalue weighted by molar-refractivity contribution is 4.91. The van der Waals surface area contributed by atoms with Crippen molar-refractivity contribution >= 4 is 0 Å². The van der Waals surface area contributed by atoms with Gasteiger partial charge < -0.3 is 10.5 Å². The Morgan fingerprint density at radius 1 is 1.31 bits per heavy atom. The van der Waals surface area contributed by atoms with Gasteiger partial charge in [-0.3, -0.25) is 0 Å². The number of hydrogen-bond donors (Lipinski definition) is 1. The van der Waals surface area contributed by atoms with Crippen LogP contribution in [0.1, 0.15) is 46.5 Å². The SMILES string of the molecule is CC(C)(C)C1CCC(CN)(OC(F)F)CC1. The lowest BCUT2D eigenvalue weighted by Gasteiger charge is -2.43. The molecule has 1 fully saturated rings. The Morgan fingerprint density at radius 2 is 1.81 bits per heavy atom. The van der Waals surface area contributed by atoms with Gasteiger partial charge in [0, 0.05) is 6.54 Å². The van der Waals surface area contributed by atoms with Crippen molar-refractivity contribution in [3.05, 3.63) is 0 Å². The van der Waals surface area contributed by atoms with E-state index in [2.05, 4.69) is 20.8 Å². The molecule has 0 saturated heterocycles. The molecule has 0 spiro atoms. The predicted molar refractivity (Wildman–Crippen MR) is 60.3 cm³/mol. The highest BCUT2D eigenvalue weighted by Crippen LogP contribution is 2.42. The smallest absolute Gasteiger partial charge is 0.328 e. The molecule has 2 N–H and O–H groups in total. The van der Waals surface area contributed by atoms with E-state index < -0.39 is 12.2 Å². The van der Waals surface area contributed by atoms with Crippen molar-refractivity contribution in [3.8, 4) is 0 Å². The normalized spacial score (nSPS) is 32.1. The van der Waals surface area contributed by atoms with Crippen LogP contribution in [0.25, 0.3) is 0 Å². The van der Waals surface area contributed by atoms with Gasteiger partial charge in [-0.2, -0.15) is 8.78 Å². The monoisotopic (exact) mass is 235 g/mol. The van der Waals surface area contributed by atoms with Crippen LogP contribution in [-0.4, -0.2) is 18.8 Å². The molecule has 0 amide bonds. The molecule has 96 valence electrons. The van der Waals surface area contributed by atoms with E-state index >= 15 is 0 Å². The second-order valence-corrected chi connectivity index (χ2v) is 5.91. The highest BCUT2D eigenvalue weighted by atomic mass is 19.3. The first-order valence-corrected chi connectivity index (χ1v) is 5.95. The highest BCUT2D eigenvalue weighted by Gasteiger charge is 2.40. The van der Waals surface area contributed by atoms with Crippen LogP contribution in [0.15, 0.2) is 0 Å². The largest absolute Gasteiger partial charge is 0.345 e. The van der Waals surface area contributed by atoms with Gasteiger partial charge in [0.15, 0.2) is 0 Å². The number of ether oxygens (including phenoxy) is 1. The molecule has 4 heteroatoms. The number of alkyl halides is 2. The average molecular weight is 235 g/mol. The minimum atomic E-state index is -2.71. The van der Waals surface area contributed by atoms with E-state index in [9.17, 15) is 8.78 Å². The molecule has 1 aliphatic carbocycles. The van der Waals surface area contributed by atoms with Gasteiger partial charge in [-0.15, -0.1) is 0 Å². The van der Waals surface area contributed by atoms with E-state index in [1.807, 2.05) is 0 Å². The lowest BCUT2D eigenvalue weighted by molar-refractivity contribution is -0.219. The molecular formula is C12H23F2NO. The number of rotatable bonds is 3. The Hall–Kier alpha value is -0.220. The molecule has 0 atom stereocenters. The summed E-state index contributed by atoms with van der Waals surface area (Å²) in [6.07, 6.45) is 3.15. The summed E-state index contributed by atoms with van der Waals surface area (Å²) in [5, 5.41) is 0. The van der Waals surface area contributed by atoms with Crippen molar-refractivity contribution < 1.29 is 13.5 Å². The van der Waals surface area contributed by atoms with Crippen LogP contribution in [0, 0.1) is 11.3 Å². The van der Waals surface area contributed by atoms with E-state index in [0.29, 0.717) is 18.8 Å². The summed E-state index contributed by atoms with van der Waals surface area (Å²) in [5.74, 6) is 0.577. The first-order valence-electron chi connectivity index (χ1n) is 5.95. The number of hydrogen-bond acceptors (Lipinski definition) is 2. The van der Waals surface area contributed by atoms with Gasteiger partial charge in [-0.1, -0.05) is 20.8 Å². The van der Waals surface area contributed by atoms with E-state index in [1.54, 1.807) is 0 Å². The van der Waals surface area contributed by atoms with Gasteiger partial charge in [0.25, 0.3) is 0 Å². The van der Waals surface area contributed by atoms with Crippen LogP contribution in [-0.2, 0) is 4.74 Å². The van der Waals surface area contributed by atoms with Gasteiger partial charge in [0.1, 0.15) is 0 Å². The Balaban J connectivity index is 2.57. The van der Waals surface area contributed by atoms with Crippen molar-refractivity contribution in [3.63, 3.8) is 0 Å². The lowest BCUT2D eigenvalue weighted by Crippen LogP contribution is -2.46. The fraction of sp³-hybridized carbons (Fsp3) is 1.00. The summed E-state index contributed by atoms with van der Waals surface area (Å²) < 4.78 is 29.3. The van der Waals surface area contributed by atoms with Crippen LogP contribution in [0.3, 0.4) is 0 Å². The van der Waals surface area contributed by atoms with Crippen molar-refractivity contribution in [1.29, 1.82) is 0 Å². The number of nitrogens with two attached hydrogens (primary N) is 1. The molecule has 1 rings (SSSR count). The van der Waals surface area contributed by atoms with Crippen LogP contribution in [0.2, 0.25) is 0 Å². The van der Waals surface area contributed by atoms with E-state index in [1.165, 1.54) is 0 Å². The van der Waals surface area contributed by atoms with E-state index in [4.69, 9.17) is 10.5 Å². The zero-order chi connectivity index (χ0) is 12.4. The van der Waals surface area contributed by atoms with Crippen molar-refractivity contribution in [2.75, 3.05) is 6.54 Å². The van der Waals surface area contributed by atoms with E-state index in [0.717, 1.165) is 12.8 Å². The van der Waals surface area contributed by atoms with Crippen LogP contribution in [0.4, 0.5) is 8.78 Å². The van der Waals surface area contributed by atoms with Crippen molar-refractivity contribution in [1.82, 2.24) is 0 Å². The fourth-order valence-electron chi connectivity index (χ4n) is 2.57. The lowest BCUT2D eigenvalue weighted by atomic mass is 9.68. The zero-order valence-corrected chi connectivity index (χ0v) is 10.4. The molecule has 2 nitrogen and oxygen atoms in total.